The molecule has 0 saturated carbocycles. The topological polar surface area (TPSA) is 72.1 Å². The summed E-state index contributed by atoms with van der Waals surface area (Å²) in [6, 6.07) is 20.7. The summed E-state index contributed by atoms with van der Waals surface area (Å²) in [7, 11) is 0. The maximum absolute atomic E-state index is 13.6. The number of amides is 1. The fourth-order valence-electron chi connectivity index (χ4n) is 3.33. The highest BCUT2D eigenvalue weighted by Crippen LogP contribution is 2.32. The fourth-order valence-corrected chi connectivity index (χ4v) is 3.33. The van der Waals surface area contributed by atoms with Crippen LogP contribution in [0.2, 0.25) is 0 Å². The van der Waals surface area contributed by atoms with E-state index in [1.54, 1.807) is 29.3 Å². The van der Waals surface area contributed by atoms with E-state index in [2.05, 4.69) is 9.97 Å². The first-order chi connectivity index (χ1) is 13.6. The largest absolute Gasteiger partial charge is 0.398 e. The Balaban J connectivity index is 1.95. The first-order valence-electron chi connectivity index (χ1n) is 9.03. The summed E-state index contributed by atoms with van der Waals surface area (Å²) in [5.41, 5.74) is 10.4. The monoisotopic (exact) mass is 368 g/mol. The van der Waals surface area contributed by atoms with Crippen molar-refractivity contribution in [2.24, 2.45) is 0 Å². The van der Waals surface area contributed by atoms with E-state index in [1.165, 1.54) is 0 Å². The maximum atomic E-state index is 13.6. The number of rotatable bonds is 3. The lowest BCUT2D eigenvalue weighted by Gasteiger charge is -2.25. The number of nitrogens with two attached hydrogens (primary N) is 1. The van der Waals surface area contributed by atoms with Crippen LogP contribution in [-0.2, 0) is 0 Å². The summed E-state index contributed by atoms with van der Waals surface area (Å²) in [5.74, 6) is 0.0649. The zero-order valence-corrected chi connectivity index (χ0v) is 15.8. The number of hydrogen-bond acceptors (Lipinski definition) is 4. The van der Waals surface area contributed by atoms with Gasteiger partial charge < -0.3 is 5.73 Å². The number of hydrogen-bond donors (Lipinski definition) is 1. The third-order valence-corrected chi connectivity index (χ3v) is 4.73. The molecule has 0 saturated heterocycles. The van der Waals surface area contributed by atoms with Gasteiger partial charge >= 0.3 is 0 Å². The van der Waals surface area contributed by atoms with Crippen LogP contribution in [0.3, 0.4) is 0 Å². The number of carbonyl (C=O) groups is 1. The second-order valence-corrected chi connectivity index (χ2v) is 6.70. The third-order valence-electron chi connectivity index (χ3n) is 4.73. The Morgan fingerprint density at radius 2 is 1.57 bits per heavy atom. The van der Waals surface area contributed by atoms with Crippen molar-refractivity contribution in [2.75, 3.05) is 10.6 Å². The average molecular weight is 368 g/mol. The average Bonchev–Trinajstić information content (AvgIpc) is 2.70. The van der Waals surface area contributed by atoms with Crippen LogP contribution in [0.4, 0.5) is 17.3 Å². The quantitative estimate of drug-likeness (QED) is 0.527. The Labute approximate surface area is 163 Å². The summed E-state index contributed by atoms with van der Waals surface area (Å²) in [4.78, 5) is 24.3. The van der Waals surface area contributed by atoms with Crippen molar-refractivity contribution in [3.8, 4) is 0 Å². The van der Waals surface area contributed by atoms with Crippen molar-refractivity contribution >= 4 is 34.1 Å². The molecular formula is C23H20N4O. The summed E-state index contributed by atoms with van der Waals surface area (Å²) >= 11 is 0. The number of carbonyl (C=O) groups excluding carboxylic acids is 1. The van der Waals surface area contributed by atoms with Crippen LogP contribution < -0.4 is 10.6 Å². The van der Waals surface area contributed by atoms with Gasteiger partial charge in [-0.3, -0.25) is 4.79 Å². The lowest BCUT2D eigenvalue weighted by atomic mass is 10.1. The molecular weight excluding hydrogens is 348 g/mol. The molecule has 138 valence electrons. The molecule has 0 radical (unpaired) electrons. The molecule has 5 nitrogen and oxygen atoms in total. The normalized spacial score (nSPS) is 10.8. The van der Waals surface area contributed by atoms with Crippen molar-refractivity contribution in [3.63, 3.8) is 0 Å². The molecule has 0 fully saturated rings. The first-order valence-corrected chi connectivity index (χ1v) is 9.03. The highest BCUT2D eigenvalue weighted by atomic mass is 16.2. The van der Waals surface area contributed by atoms with Gasteiger partial charge in [0.05, 0.1) is 16.8 Å². The predicted molar refractivity (Wildman–Crippen MR) is 113 cm³/mol. The molecule has 0 bridgehead atoms. The number of fused-ring (bicyclic) bond motifs is 1. The maximum Gasteiger partial charge on any atom is 0.267 e. The van der Waals surface area contributed by atoms with Gasteiger partial charge in [0.1, 0.15) is 0 Å². The van der Waals surface area contributed by atoms with Crippen LogP contribution >= 0.6 is 0 Å². The van der Waals surface area contributed by atoms with Gasteiger partial charge in [-0.05, 0) is 43.2 Å². The molecule has 3 aromatic carbocycles. The van der Waals surface area contributed by atoms with Gasteiger partial charge in [0.2, 0.25) is 5.95 Å². The Morgan fingerprint density at radius 1 is 0.893 bits per heavy atom. The number of aromatic nitrogens is 2. The molecule has 0 unspecified atom stereocenters. The number of nitrogen functional groups attached to an aromatic ring is 1. The van der Waals surface area contributed by atoms with Crippen LogP contribution in [0.25, 0.3) is 10.9 Å². The van der Waals surface area contributed by atoms with Crippen LogP contribution in [0.5, 0.6) is 0 Å². The van der Waals surface area contributed by atoms with Gasteiger partial charge in [0, 0.05) is 17.3 Å². The van der Waals surface area contributed by atoms with Crippen molar-refractivity contribution in [2.45, 2.75) is 13.8 Å². The predicted octanol–water partition coefficient (Wildman–Crippen LogP) is 4.81. The molecule has 1 aromatic heterocycles. The van der Waals surface area contributed by atoms with Crippen molar-refractivity contribution < 1.29 is 4.79 Å². The van der Waals surface area contributed by atoms with Gasteiger partial charge in [-0.25, -0.2) is 14.9 Å². The Morgan fingerprint density at radius 3 is 2.32 bits per heavy atom. The number of anilines is 3. The fraction of sp³-hybridized carbons (Fsp3) is 0.0870. The van der Waals surface area contributed by atoms with Gasteiger partial charge in [0.15, 0.2) is 0 Å². The summed E-state index contributed by atoms with van der Waals surface area (Å²) < 4.78 is 0. The van der Waals surface area contributed by atoms with Gasteiger partial charge in [0.25, 0.3) is 5.91 Å². The Bertz CT molecular complexity index is 1170. The van der Waals surface area contributed by atoms with Gasteiger partial charge in [-0.2, -0.15) is 0 Å². The van der Waals surface area contributed by atoms with E-state index in [1.807, 2.05) is 62.4 Å². The van der Waals surface area contributed by atoms with Crippen molar-refractivity contribution in [1.29, 1.82) is 0 Å². The molecule has 1 amide bonds. The molecule has 4 aromatic rings. The highest BCUT2D eigenvalue weighted by molar-refractivity contribution is 6.13. The van der Waals surface area contributed by atoms with Gasteiger partial charge in [-0.1, -0.05) is 48.5 Å². The number of benzene rings is 3. The molecule has 0 atom stereocenters. The lowest BCUT2D eigenvalue weighted by Crippen LogP contribution is -2.29. The number of para-hydroxylation sites is 3. The van der Waals surface area contributed by atoms with E-state index >= 15 is 0 Å². The Kier molecular flexibility index (Phi) is 4.49. The van der Waals surface area contributed by atoms with Crippen molar-refractivity contribution in [1.82, 2.24) is 9.97 Å². The van der Waals surface area contributed by atoms with E-state index in [0.717, 1.165) is 27.7 Å². The van der Waals surface area contributed by atoms with E-state index in [4.69, 9.17) is 5.73 Å². The smallest absolute Gasteiger partial charge is 0.267 e. The zero-order chi connectivity index (χ0) is 19.7. The summed E-state index contributed by atoms with van der Waals surface area (Å²) in [6.45, 7) is 3.94. The molecule has 0 aliphatic carbocycles. The Hall–Kier alpha value is -3.73. The van der Waals surface area contributed by atoms with Crippen LogP contribution in [0.15, 0.2) is 72.9 Å². The van der Waals surface area contributed by atoms with E-state index in [-0.39, 0.29) is 5.91 Å². The molecule has 5 heteroatoms. The molecule has 2 N–H and O–H groups in total. The van der Waals surface area contributed by atoms with Crippen LogP contribution in [0.1, 0.15) is 21.5 Å². The zero-order valence-electron chi connectivity index (χ0n) is 15.8. The molecule has 1 heterocycles. The van der Waals surface area contributed by atoms with Crippen LogP contribution in [-0.4, -0.2) is 15.9 Å². The third kappa shape index (κ3) is 3.07. The summed E-state index contributed by atoms with van der Waals surface area (Å²) in [5, 5.41) is 0.916. The van der Waals surface area contributed by atoms with Crippen LogP contribution in [0, 0.1) is 13.8 Å². The highest BCUT2D eigenvalue weighted by Gasteiger charge is 2.26. The lowest BCUT2D eigenvalue weighted by molar-refractivity contribution is 0.0998. The molecule has 0 aliphatic heterocycles. The molecule has 4 rings (SSSR count). The number of aryl methyl sites for hydroxylation is 2. The minimum absolute atomic E-state index is 0.259. The molecule has 0 aliphatic rings. The summed E-state index contributed by atoms with van der Waals surface area (Å²) in [6.07, 6.45) is 1.74. The second-order valence-electron chi connectivity index (χ2n) is 6.70. The van der Waals surface area contributed by atoms with E-state index < -0.39 is 0 Å². The van der Waals surface area contributed by atoms with Crippen molar-refractivity contribution in [3.05, 3.63) is 89.6 Å². The molecule has 0 spiro atoms. The van der Waals surface area contributed by atoms with E-state index in [9.17, 15) is 4.79 Å². The molecule has 28 heavy (non-hydrogen) atoms. The standard InChI is InChI=1S/C23H20N4O/c1-15-8-7-9-16(2)21(15)27(22(28)18-11-4-5-12-19(18)24)23-25-14-17-10-3-6-13-20(17)26-23/h3-14H,24H2,1-2H3. The van der Waals surface area contributed by atoms with E-state index in [0.29, 0.717) is 17.2 Å². The SMILES string of the molecule is Cc1cccc(C)c1N(C(=O)c1ccccc1N)c1ncc2ccccc2n1. The van der Waals surface area contributed by atoms with Gasteiger partial charge in [-0.15, -0.1) is 0 Å². The number of nitrogens with zero attached hydrogens (tertiary/aromatic N) is 3. The minimum Gasteiger partial charge on any atom is -0.398 e. The second kappa shape index (κ2) is 7.12. The minimum atomic E-state index is -0.259. The first kappa shape index (κ1) is 17.7.